The van der Waals surface area contributed by atoms with Gasteiger partial charge in [-0.25, -0.2) is 19.6 Å². The minimum absolute atomic E-state index is 0. The monoisotopic (exact) mass is 738 g/mol. The van der Waals surface area contributed by atoms with Gasteiger partial charge in [-0.2, -0.15) is 6.42 Å². The molecule has 0 fully saturated rings. The van der Waals surface area contributed by atoms with Crippen molar-refractivity contribution in [1.29, 1.82) is 0 Å². The third kappa shape index (κ3) is 14.4. The number of rotatable bonds is 6. The second kappa shape index (κ2) is 21.3. The molecule has 0 atom stereocenters. The summed E-state index contributed by atoms with van der Waals surface area (Å²) in [5, 5.41) is 11.9. The molecule has 0 saturated carbocycles. The molecule has 0 spiro atoms. The minimum Gasteiger partial charge on any atom is -0.444 e. The van der Waals surface area contributed by atoms with E-state index in [4.69, 9.17) is 10.5 Å². The summed E-state index contributed by atoms with van der Waals surface area (Å²) in [5.41, 5.74) is 11.6. The molecule has 4 heterocycles. The maximum absolute atomic E-state index is 11.9. The minimum atomic E-state index is -0.471. The van der Waals surface area contributed by atoms with Crippen molar-refractivity contribution in [3.05, 3.63) is 100 Å². The number of nitrogens with zero attached hydrogens (tertiary/aromatic N) is 2. The van der Waals surface area contributed by atoms with Crippen LogP contribution >= 0.6 is 22.7 Å². The van der Waals surface area contributed by atoms with E-state index < -0.39 is 11.7 Å². The first kappa shape index (κ1) is 43.9. The number of nitrogens with two attached hydrogens (primary N) is 1. The molecule has 0 unspecified atom stereocenters. The summed E-state index contributed by atoms with van der Waals surface area (Å²) < 4.78 is 5.21. The number of para-hydroxylation sites is 2. The van der Waals surface area contributed by atoms with Crippen LogP contribution in [-0.4, -0.2) is 37.7 Å². The van der Waals surface area contributed by atoms with Gasteiger partial charge in [0.05, 0.1) is 0 Å². The first-order chi connectivity index (χ1) is 24.2. The third-order valence-electron chi connectivity index (χ3n) is 7.11. The van der Waals surface area contributed by atoms with Crippen LogP contribution in [0.5, 0.6) is 0 Å². The van der Waals surface area contributed by atoms with Crippen LogP contribution in [0.1, 0.15) is 72.5 Å². The van der Waals surface area contributed by atoms with Gasteiger partial charge in [-0.3, -0.25) is 5.32 Å². The number of benzene rings is 2. The van der Waals surface area contributed by atoms with Crippen LogP contribution in [0, 0.1) is 34.6 Å². The fraction of sp³-hybridized carbons (Fsp3) is 0.342. The van der Waals surface area contributed by atoms with Crippen molar-refractivity contribution in [1.82, 2.24) is 30.6 Å². The summed E-state index contributed by atoms with van der Waals surface area (Å²) in [6.45, 7) is 20.3. The smallest absolute Gasteiger partial charge is 0.444 e. The van der Waals surface area contributed by atoms with E-state index >= 15 is 0 Å². The molecule has 0 aliphatic carbocycles. The number of ether oxygens (including phenoxy) is 1. The largest absolute Gasteiger partial charge is 1.00 e. The Morgan fingerprint density at radius 1 is 0.846 bits per heavy atom. The number of nitrogens with one attached hydrogen (secondary N) is 5. The Morgan fingerprint density at radius 2 is 1.35 bits per heavy atom. The second-order valence-electron chi connectivity index (χ2n) is 12.7. The van der Waals surface area contributed by atoms with Gasteiger partial charge < -0.3 is 38.0 Å². The average Bonchev–Trinajstić information content (AvgIpc) is 3.87. The number of urea groups is 1. The van der Waals surface area contributed by atoms with Crippen LogP contribution in [0.3, 0.4) is 0 Å². The van der Waals surface area contributed by atoms with Gasteiger partial charge in [0.25, 0.3) is 0 Å². The quantitative estimate of drug-likeness (QED) is 0.0821. The first-order valence-electron chi connectivity index (χ1n) is 16.7. The van der Waals surface area contributed by atoms with Gasteiger partial charge >= 0.3 is 31.0 Å². The number of alkyl carbamates (subject to hydrolysis) is 1. The van der Waals surface area contributed by atoms with Crippen molar-refractivity contribution in [3.63, 3.8) is 0 Å². The van der Waals surface area contributed by atoms with E-state index in [0.29, 0.717) is 23.4 Å². The molecule has 6 aromatic rings. The molecular weight excluding hydrogens is 688 g/mol. The number of hydrogen-bond donors (Lipinski definition) is 6. The number of thiazole rings is 2. The first-order valence-corrected chi connectivity index (χ1v) is 18.4. The van der Waals surface area contributed by atoms with Crippen molar-refractivity contribution in [2.45, 2.75) is 86.9 Å². The Labute approximate surface area is 327 Å². The molecular formula is C38H51LiN8O3S2. The number of aryl methyl sites for hydroxylation is 4. The van der Waals surface area contributed by atoms with E-state index in [2.05, 4.69) is 81.8 Å². The number of amides is 3. The van der Waals surface area contributed by atoms with E-state index in [0.717, 1.165) is 49.1 Å². The molecule has 11 nitrogen and oxygen atoms in total. The molecule has 3 amide bonds. The molecule has 52 heavy (non-hydrogen) atoms. The normalized spacial score (nSPS) is 10.4. The molecule has 0 radical (unpaired) electrons. The second-order valence-corrected chi connectivity index (χ2v) is 15.2. The zero-order valence-corrected chi connectivity index (χ0v) is 33.5. The molecule has 4 aromatic heterocycles. The Balaban J connectivity index is 0.000000277. The number of aromatic amines is 2. The Bertz CT molecular complexity index is 1970. The number of hydrogen-bond acceptors (Lipinski definition) is 8. The fourth-order valence-electron chi connectivity index (χ4n) is 4.60. The van der Waals surface area contributed by atoms with Crippen LogP contribution in [0.4, 0.5) is 19.9 Å². The van der Waals surface area contributed by atoms with Crippen molar-refractivity contribution < 1.29 is 33.2 Å². The number of fused-ring (bicyclic) bond motifs is 2. The molecule has 0 aliphatic rings. The number of carbonyl (C=O) groups excluding carboxylic acids is 2. The predicted octanol–water partition coefficient (Wildman–Crippen LogP) is 6.72. The van der Waals surface area contributed by atoms with Crippen molar-refractivity contribution in [2.24, 2.45) is 0 Å². The topological polar surface area (TPSA) is 163 Å². The fourth-order valence-corrected chi connectivity index (χ4v) is 5.80. The van der Waals surface area contributed by atoms with E-state index in [1.165, 1.54) is 40.2 Å². The molecule has 0 aliphatic heterocycles. The Morgan fingerprint density at radius 3 is 1.75 bits per heavy atom. The number of unbranched alkanes of at least 4 members (excludes halogenated alkanes) is 1. The molecule has 7 N–H and O–H groups in total. The third-order valence-corrected chi connectivity index (χ3v) is 8.68. The Hall–Kier alpha value is -4.28. The van der Waals surface area contributed by atoms with Crippen LogP contribution in [0.2, 0.25) is 0 Å². The SMILES string of the molecule is Cc1cccc2c(CNC(=O)OC(C)(C)C)c[nH]c12.Cc1cnc(N)s1.Cc1cnc(NC(=O)NCc2c[nH]c3c(C)cccc23)s1.[CH2-]CCC.[Li+]. The number of carbonyl (C=O) groups is 2. The molecule has 14 heteroatoms. The number of H-pyrrole nitrogens is 2. The summed E-state index contributed by atoms with van der Waals surface area (Å²) in [6.07, 6.45) is 9.25. The van der Waals surface area contributed by atoms with Crippen LogP contribution in [-0.2, 0) is 17.8 Å². The summed E-state index contributed by atoms with van der Waals surface area (Å²) >= 11 is 2.96. The number of nitrogen functional groups attached to an aromatic ring is 1. The van der Waals surface area contributed by atoms with E-state index in [-0.39, 0.29) is 24.9 Å². The average molecular weight is 739 g/mol. The van der Waals surface area contributed by atoms with Gasteiger partial charge in [-0.15, -0.1) is 22.7 Å². The van der Waals surface area contributed by atoms with Crippen molar-refractivity contribution in [3.8, 4) is 0 Å². The zero-order chi connectivity index (χ0) is 37.6. The predicted molar refractivity (Wildman–Crippen MR) is 213 cm³/mol. The van der Waals surface area contributed by atoms with Gasteiger partial charge in [0.15, 0.2) is 10.3 Å². The summed E-state index contributed by atoms with van der Waals surface area (Å²) in [6, 6.07) is 12.0. The molecule has 2 aromatic carbocycles. The van der Waals surface area contributed by atoms with Crippen LogP contribution in [0.25, 0.3) is 21.8 Å². The number of anilines is 2. The van der Waals surface area contributed by atoms with E-state index in [1.807, 2.05) is 65.2 Å². The van der Waals surface area contributed by atoms with Gasteiger partial charge in [0.2, 0.25) is 0 Å². The Kier molecular flexibility index (Phi) is 18.0. The van der Waals surface area contributed by atoms with Gasteiger partial charge in [-0.05, 0) is 70.7 Å². The maximum Gasteiger partial charge on any atom is 1.00 e. The van der Waals surface area contributed by atoms with Crippen molar-refractivity contribution >= 4 is 66.9 Å². The molecule has 0 saturated heterocycles. The van der Waals surface area contributed by atoms with E-state index in [1.54, 1.807) is 12.4 Å². The van der Waals surface area contributed by atoms with Crippen LogP contribution < -0.4 is 40.5 Å². The molecule has 0 bridgehead atoms. The summed E-state index contributed by atoms with van der Waals surface area (Å²) in [5.74, 6) is 0. The van der Waals surface area contributed by atoms with E-state index in [9.17, 15) is 9.59 Å². The summed E-state index contributed by atoms with van der Waals surface area (Å²) in [4.78, 5) is 40.1. The summed E-state index contributed by atoms with van der Waals surface area (Å²) in [7, 11) is 0. The standard InChI is InChI=1S/C15H16N4OS.C15H20N2O2.C4H6N2S.C4H9.Li/c1-9-4-3-5-12-11(7-16-13(9)12)8-17-14(20)19-15-18-6-10(2)21-15;1-10-6-5-7-12-11(8-16-13(10)12)9-17-14(18)19-15(2,3)4;1-3-2-6-4(5)7-3;1-3-4-2;/h3-7,16H,8H2,1-2H3,(H2,17,18,19,20);5-8,16H,9H2,1-4H3,(H,17,18);2H,1H3,(H2,5,6);1,3-4H2,2H3;/q;;;-1;+1. The van der Waals surface area contributed by atoms with Gasteiger partial charge in [0.1, 0.15) is 5.60 Å². The van der Waals surface area contributed by atoms with Crippen molar-refractivity contribution in [2.75, 3.05) is 11.1 Å². The van der Waals surface area contributed by atoms with Crippen LogP contribution in [0.15, 0.2) is 61.2 Å². The number of aromatic nitrogens is 4. The van der Waals surface area contributed by atoms with Gasteiger partial charge in [0, 0.05) is 69.4 Å². The maximum atomic E-state index is 11.9. The molecule has 6 rings (SSSR count). The zero-order valence-electron chi connectivity index (χ0n) is 31.8. The van der Waals surface area contributed by atoms with Gasteiger partial charge in [-0.1, -0.05) is 49.7 Å². The molecule has 274 valence electrons.